The Morgan fingerprint density at radius 1 is 0.798 bits per heavy atom. The van der Waals surface area contributed by atoms with E-state index in [0.717, 1.165) is 74.2 Å². The molecule has 4 heterocycles. The first-order chi connectivity index (χ1) is 40.4. The average Bonchev–Trinajstić information content (AvgIpc) is 1.91. The fraction of sp³-hybridized carbons (Fsp3) is 0.410. The van der Waals surface area contributed by atoms with Gasteiger partial charge in [0.1, 0.15) is 18.3 Å². The molecule has 0 radical (unpaired) electrons. The van der Waals surface area contributed by atoms with Crippen molar-refractivity contribution in [1.82, 2.24) is 41.0 Å². The predicted molar refractivity (Wildman–Crippen MR) is 317 cm³/mol. The highest BCUT2D eigenvalue weighted by Crippen LogP contribution is 2.44. The number of esters is 1. The van der Waals surface area contributed by atoms with E-state index >= 15 is 0 Å². The molecule has 3 aliphatic rings. The number of amides is 9. The van der Waals surface area contributed by atoms with Crippen LogP contribution in [0.4, 0.5) is 16.2 Å². The third-order valence-electron chi connectivity index (χ3n) is 15.3. The van der Waals surface area contributed by atoms with Crippen molar-refractivity contribution < 1.29 is 52.7 Å². The fourth-order valence-electron chi connectivity index (χ4n) is 10.7. The van der Waals surface area contributed by atoms with Gasteiger partial charge in [-0.1, -0.05) is 44.2 Å². The van der Waals surface area contributed by atoms with E-state index in [1.54, 1.807) is 35.2 Å². The molecule has 0 unspecified atom stereocenters. The van der Waals surface area contributed by atoms with Crippen LogP contribution in [0.25, 0.3) is 21.7 Å². The van der Waals surface area contributed by atoms with Gasteiger partial charge < -0.3 is 56.7 Å². The van der Waals surface area contributed by atoms with Crippen LogP contribution in [0.5, 0.6) is 0 Å². The number of primary amides is 1. The number of H-pyrrole nitrogens is 1. The van der Waals surface area contributed by atoms with E-state index in [2.05, 4.69) is 43.5 Å². The molecule has 5 aromatic rings. The normalized spacial score (nSPS) is 15.8. The Hall–Kier alpha value is -8.47. The van der Waals surface area contributed by atoms with E-state index in [-0.39, 0.29) is 94.3 Å². The molecule has 0 aliphatic carbocycles. The zero-order chi connectivity index (χ0) is 60.0. The molecule has 8 rings (SSSR count). The number of piperazine rings is 1. The van der Waals surface area contributed by atoms with Crippen molar-refractivity contribution in [2.75, 3.05) is 88.7 Å². The molecule has 1 aromatic heterocycles. The molecule has 444 valence electrons. The summed E-state index contributed by atoms with van der Waals surface area (Å²) in [6.45, 7) is 7.29. The molecule has 1 saturated heterocycles. The van der Waals surface area contributed by atoms with Gasteiger partial charge in [0.25, 0.3) is 17.7 Å². The molecule has 9 amide bonds. The second-order valence-corrected chi connectivity index (χ2v) is 22.0. The van der Waals surface area contributed by atoms with Crippen molar-refractivity contribution in [2.24, 2.45) is 11.7 Å². The summed E-state index contributed by atoms with van der Waals surface area (Å²) in [6, 6.07) is 21.2. The summed E-state index contributed by atoms with van der Waals surface area (Å²) in [5, 5.41) is 16.6. The Morgan fingerprint density at radius 2 is 1.52 bits per heavy atom. The van der Waals surface area contributed by atoms with Crippen LogP contribution >= 0.6 is 11.6 Å². The van der Waals surface area contributed by atoms with Crippen LogP contribution in [0.3, 0.4) is 0 Å². The number of nitrogens with one attached hydrogen (secondary N) is 6. The molecule has 0 spiro atoms. The number of anilines is 2. The summed E-state index contributed by atoms with van der Waals surface area (Å²) in [5.41, 5.74) is 10.4. The van der Waals surface area contributed by atoms with Gasteiger partial charge in [0, 0.05) is 117 Å². The molecule has 22 nitrogen and oxygen atoms in total. The number of fused-ring (bicyclic) bond motifs is 4. The van der Waals surface area contributed by atoms with Crippen LogP contribution in [0, 0.1) is 5.92 Å². The standard InChI is InChI=1S/C61H72ClN11O11/c1-37(2)57(65-21-7-11-55(79)84-29-23-64-51(75)20-24-72-52(76)18-19-53(72)77)59(81)69-47(10-6-22-66-61(63)83)58(80)67-43-15-13-39(14-16-43)50(74)31-38-12-17-46-41(30-38)32-48(68-46)60(82)73-36-42(35-62)56-45-9-5-4-8-44(45)40(33-49(56)73)34-54(78)71-27-25-70(3)26-28-71/h4-5,8-9,12-19,30,32-33,37,42,47,57,65,68H,6-7,10-11,20-29,31,34-36H2,1-3H3,(H,64,75)(H,67,80)(H,69,81)(H3,63,66,83)/t42-,47+,57+/m1/s1. The van der Waals surface area contributed by atoms with Crippen molar-refractivity contribution in [3.8, 4) is 0 Å². The number of ketones is 1. The van der Waals surface area contributed by atoms with E-state index < -0.39 is 53.6 Å². The minimum absolute atomic E-state index is 0.0196. The molecule has 0 bridgehead atoms. The largest absolute Gasteiger partial charge is 0.464 e. The Morgan fingerprint density at radius 3 is 2.23 bits per heavy atom. The monoisotopic (exact) mass is 1170 g/mol. The molecule has 84 heavy (non-hydrogen) atoms. The van der Waals surface area contributed by atoms with Crippen molar-refractivity contribution >= 4 is 104 Å². The van der Waals surface area contributed by atoms with Crippen LogP contribution in [-0.2, 0) is 51.1 Å². The summed E-state index contributed by atoms with van der Waals surface area (Å²) in [6.07, 6.45) is 3.22. The van der Waals surface area contributed by atoms with Gasteiger partial charge in [-0.2, -0.15) is 0 Å². The van der Waals surface area contributed by atoms with Crippen LogP contribution in [0.15, 0.2) is 91.0 Å². The number of aromatic amines is 1. The number of likely N-dealkylation sites (N-methyl/N-ethyl adjacent to an activating group) is 1. The number of urea groups is 1. The summed E-state index contributed by atoms with van der Waals surface area (Å²) in [5.74, 6) is -3.30. The predicted octanol–water partition coefficient (Wildman–Crippen LogP) is 4.29. The lowest BCUT2D eigenvalue weighted by Crippen LogP contribution is -2.53. The van der Waals surface area contributed by atoms with Gasteiger partial charge in [-0.05, 0) is 115 Å². The molecule has 3 aliphatic heterocycles. The van der Waals surface area contributed by atoms with Gasteiger partial charge >= 0.3 is 12.0 Å². The number of imide groups is 1. The lowest BCUT2D eigenvalue weighted by Gasteiger charge is -2.32. The first-order valence-corrected chi connectivity index (χ1v) is 28.9. The van der Waals surface area contributed by atoms with Crippen molar-refractivity contribution in [2.45, 2.75) is 76.8 Å². The SMILES string of the molecule is CC(C)[C@H](NCCCC(=O)OCCNC(=O)CCN1C(=O)C=CC1=O)C(=O)N[C@@H](CCCNC(N)=O)C(=O)Nc1ccc(C(=O)Cc2ccc3[nH]c(C(=O)N4C[C@@H](CCl)c5c4cc(CC(=O)N4CCN(C)CC4)c4ccccc54)cc3c2)cc1. The number of carbonyl (C=O) groups is 10. The molecular formula is C61H72ClN11O11. The van der Waals surface area contributed by atoms with Crippen molar-refractivity contribution in [1.29, 1.82) is 0 Å². The van der Waals surface area contributed by atoms with E-state index in [1.807, 2.05) is 67.3 Å². The minimum atomic E-state index is -1.04. The lowest BCUT2D eigenvalue weighted by atomic mass is 9.92. The summed E-state index contributed by atoms with van der Waals surface area (Å²) >= 11 is 6.60. The van der Waals surface area contributed by atoms with Crippen molar-refractivity contribution in [3.63, 3.8) is 0 Å². The van der Waals surface area contributed by atoms with Crippen LogP contribution in [0.2, 0.25) is 0 Å². The molecule has 8 N–H and O–H groups in total. The number of halogens is 1. The Labute approximate surface area is 491 Å². The van der Waals surface area contributed by atoms with Gasteiger partial charge in [0.15, 0.2) is 5.78 Å². The number of alkyl halides is 1. The number of aromatic nitrogens is 1. The zero-order valence-corrected chi connectivity index (χ0v) is 48.2. The number of nitrogens with zero attached hydrogens (tertiary/aromatic N) is 4. The zero-order valence-electron chi connectivity index (χ0n) is 47.4. The fourth-order valence-corrected chi connectivity index (χ4v) is 10.9. The highest BCUT2D eigenvalue weighted by Gasteiger charge is 2.36. The number of hydrogen-bond acceptors (Lipinski definition) is 13. The average molecular weight is 1170 g/mol. The van der Waals surface area contributed by atoms with E-state index in [1.165, 1.54) is 0 Å². The number of carbonyl (C=O) groups excluding carboxylic acids is 10. The van der Waals surface area contributed by atoms with Gasteiger partial charge in [-0.15, -0.1) is 11.6 Å². The minimum Gasteiger partial charge on any atom is -0.464 e. The maximum absolute atomic E-state index is 14.5. The summed E-state index contributed by atoms with van der Waals surface area (Å²) in [4.78, 5) is 139. The first kappa shape index (κ1) is 61.6. The Balaban J connectivity index is 0.835. The number of ether oxygens (including phenoxy) is 1. The molecule has 1 fully saturated rings. The van der Waals surface area contributed by atoms with Gasteiger partial charge in [-0.25, -0.2) is 4.79 Å². The lowest BCUT2D eigenvalue weighted by molar-refractivity contribution is -0.144. The highest BCUT2D eigenvalue weighted by molar-refractivity contribution is 6.19. The quantitative estimate of drug-likeness (QED) is 0.0127. The molecule has 23 heteroatoms. The second-order valence-electron chi connectivity index (χ2n) is 21.7. The van der Waals surface area contributed by atoms with Gasteiger partial charge in [-0.3, -0.25) is 48.1 Å². The third-order valence-corrected chi connectivity index (χ3v) is 15.6. The smallest absolute Gasteiger partial charge is 0.312 e. The van der Waals surface area contributed by atoms with E-state index in [0.29, 0.717) is 55.3 Å². The molecule has 4 aromatic carbocycles. The number of nitrogens with two attached hydrogens (primary N) is 1. The number of Topliss-reactive ketones (excluding diaryl/α,β-unsaturated/α-hetero) is 1. The number of rotatable bonds is 27. The van der Waals surface area contributed by atoms with Gasteiger partial charge in [0.2, 0.25) is 23.6 Å². The topological polar surface area (TPSA) is 295 Å². The number of benzene rings is 4. The highest BCUT2D eigenvalue weighted by atomic mass is 35.5. The molecular weight excluding hydrogens is 1100 g/mol. The number of hydrogen-bond donors (Lipinski definition) is 7. The van der Waals surface area contributed by atoms with Crippen LogP contribution in [0.1, 0.15) is 89.4 Å². The second kappa shape index (κ2) is 28.7. The summed E-state index contributed by atoms with van der Waals surface area (Å²) < 4.78 is 5.20. The molecule has 3 atom stereocenters. The van der Waals surface area contributed by atoms with Crippen molar-refractivity contribution in [3.05, 3.63) is 119 Å². The first-order valence-electron chi connectivity index (χ1n) is 28.3. The molecule has 0 saturated carbocycles. The Kier molecular flexibility index (Phi) is 21.0. The van der Waals surface area contributed by atoms with Crippen LogP contribution in [-0.4, -0.2) is 169 Å². The van der Waals surface area contributed by atoms with Gasteiger partial charge in [0.05, 0.1) is 19.0 Å². The summed E-state index contributed by atoms with van der Waals surface area (Å²) in [7, 11) is 2.05. The Bertz CT molecular complexity index is 3320. The maximum atomic E-state index is 14.5. The maximum Gasteiger partial charge on any atom is 0.312 e. The third kappa shape index (κ3) is 15.8. The van der Waals surface area contributed by atoms with E-state index in [4.69, 9.17) is 22.1 Å². The van der Waals surface area contributed by atoms with E-state index in [9.17, 15) is 47.9 Å². The van der Waals surface area contributed by atoms with Crippen LogP contribution < -0.4 is 37.2 Å².